The monoisotopic (exact) mass is 362 g/mol. The lowest BCUT2D eigenvalue weighted by atomic mass is 9.44. The maximum atomic E-state index is 11.6. The zero-order chi connectivity index (χ0) is 18.7. The molecule has 5 aliphatic carbocycles. The Morgan fingerprint density at radius 3 is 2.31 bits per heavy atom. The zero-order valence-corrected chi connectivity index (χ0v) is 17.3. The molecule has 148 valence electrons. The Kier molecular flexibility index (Phi) is 3.50. The van der Waals surface area contributed by atoms with Gasteiger partial charge in [-0.1, -0.05) is 27.7 Å². The fraction of sp³-hybridized carbons (Fsp3) is 1.00. The first-order valence-corrected chi connectivity index (χ1v) is 11.1. The van der Waals surface area contributed by atoms with Gasteiger partial charge in [-0.25, -0.2) is 0 Å². The van der Waals surface area contributed by atoms with E-state index in [0.29, 0.717) is 28.8 Å². The largest absolute Gasteiger partial charge is 0.390 e. The summed E-state index contributed by atoms with van der Waals surface area (Å²) < 4.78 is 6.15. The number of hydrogen-bond acceptors (Lipinski definition) is 3. The number of rotatable bonds is 2. The van der Waals surface area contributed by atoms with Gasteiger partial charge in [-0.15, -0.1) is 0 Å². The van der Waals surface area contributed by atoms with Crippen LogP contribution in [0.1, 0.15) is 72.6 Å². The number of fused-ring (bicyclic) bond motifs is 4. The lowest BCUT2D eigenvalue weighted by Gasteiger charge is -2.61. The summed E-state index contributed by atoms with van der Waals surface area (Å²) in [7, 11) is 1.92. The zero-order valence-electron chi connectivity index (χ0n) is 17.3. The normalized spacial score (nSPS) is 63.2. The second kappa shape index (κ2) is 5.07. The van der Waals surface area contributed by atoms with E-state index in [4.69, 9.17) is 4.74 Å². The summed E-state index contributed by atoms with van der Waals surface area (Å²) in [6.45, 7) is 9.03. The van der Waals surface area contributed by atoms with Gasteiger partial charge >= 0.3 is 0 Å². The molecule has 0 heterocycles. The molecule has 5 aliphatic rings. The van der Waals surface area contributed by atoms with E-state index in [9.17, 15) is 10.2 Å². The number of aliphatic hydroxyl groups excluding tert-OH is 1. The molecule has 5 rings (SSSR count). The van der Waals surface area contributed by atoms with Crippen molar-refractivity contribution in [3.63, 3.8) is 0 Å². The molecule has 3 nitrogen and oxygen atoms in total. The third-order valence-electron chi connectivity index (χ3n) is 11.0. The molecule has 0 radical (unpaired) electrons. The molecule has 0 bridgehead atoms. The van der Waals surface area contributed by atoms with Crippen molar-refractivity contribution in [2.24, 2.45) is 45.8 Å². The number of aliphatic hydroxyl groups is 2. The van der Waals surface area contributed by atoms with E-state index < -0.39 is 11.7 Å². The molecule has 0 unspecified atom stereocenters. The van der Waals surface area contributed by atoms with E-state index in [-0.39, 0.29) is 11.3 Å². The predicted octanol–water partition coefficient (Wildman–Crippen LogP) is 4.01. The van der Waals surface area contributed by atoms with Gasteiger partial charge in [-0.3, -0.25) is 0 Å². The van der Waals surface area contributed by atoms with Crippen LogP contribution in [0.15, 0.2) is 0 Å². The number of ether oxygens (including phenoxy) is 1. The Hall–Kier alpha value is -0.120. The van der Waals surface area contributed by atoms with Gasteiger partial charge in [0.2, 0.25) is 0 Å². The minimum Gasteiger partial charge on any atom is -0.390 e. The van der Waals surface area contributed by atoms with E-state index in [1.54, 1.807) is 0 Å². The summed E-state index contributed by atoms with van der Waals surface area (Å²) in [5, 5.41) is 22.6. The van der Waals surface area contributed by atoms with Gasteiger partial charge in [0.25, 0.3) is 0 Å². The van der Waals surface area contributed by atoms with E-state index in [1.165, 1.54) is 25.7 Å². The smallest absolute Gasteiger partial charge is 0.0984 e. The van der Waals surface area contributed by atoms with Crippen molar-refractivity contribution in [1.29, 1.82) is 0 Å². The highest BCUT2D eigenvalue weighted by Gasteiger charge is 2.78. The highest BCUT2D eigenvalue weighted by molar-refractivity contribution is 5.27. The first kappa shape index (κ1) is 17.9. The van der Waals surface area contributed by atoms with Gasteiger partial charge in [-0.2, -0.15) is 0 Å². The molecule has 0 aromatic rings. The van der Waals surface area contributed by atoms with Crippen LogP contribution in [0, 0.1) is 45.8 Å². The molecule has 0 aliphatic heterocycles. The summed E-state index contributed by atoms with van der Waals surface area (Å²) >= 11 is 0. The molecule has 0 aromatic carbocycles. The molecule has 26 heavy (non-hydrogen) atoms. The SMILES string of the molecule is CO[C@@H]1C[C@H]2[C@@H]3C[C@H](O)[C@](O)(C(C)C)[C@@]3(C)CC[C@@H]2[C@@]2(C)CC[C@@H]3C[C@]312. The molecule has 5 fully saturated rings. The van der Waals surface area contributed by atoms with Crippen LogP contribution in [-0.4, -0.2) is 35.1 Å². The lowest BCUT2D eigenvalue weighted by Crippen LogP contribution is -2.61. The van der Waals surface area contributed by atoms with Crippen LogP contribution in [0.2, 0.25) is 0 Å². The molecule has 10 atom stereocenters. The van der Waals surface area contributed by atoms with Gasteiger partial charge in [0, 0.05) is 17.9 Å². The van der Waals surface area contributed by atoms with Gasteiger partial charge in [0.05, 0.1) is 17.8 Å². The molecular formula is C23H38O3. The summed E-state index contributed by atoms with van der Waals surface area (Å²) in [5.41, 5.74) is -0.254. The van der Waals surface area contributed by atoms with E-state index in [0.717, 1.165) is 31.1 Å². The van der Waals surface area contributed by atoms with E-state index >= 15 is 0 Å². The first-order chi connectivity index (χ1) is 12.2. The second-order valence-electron chi connectivity index (χ2n) is 11.4. The summed E-state index contributed by atoms with van der Waals surface area (Å²) in [4.78, 5) is 0. The Balaban J connectivity index is 1.56. The molecule has 0 amide bonds. The lowest BCUT2D eigenvalue weighted by molar-refractivity contribution is -0.200. The average Bonchev–Trinajstić information content (AvgIpc) is 3.19. The molecule has 3 heteroatoms. The number of hydrogen-bond donors (Lipinski definition) is 2. The molecule has 0 aromatic heterocycles. The van der Waals surface area contributed by atoms with Crippen LogP contribution in [0.5, 0.6) is 0 Å². The van der Waals surface area contributed by atoms with Crippen LogP contribution >= 0.6 is 0 Å². The van der Waals surface area contributed by atoms with E-state index in [2.05, 4.69) is 27.7 Å². The van der Waals surface area contributed by atoms with Crippen molar-refractivity contribution < 1.29 is 14.9 Å². The maximum absolute atomic E-state index is 11.6. The van der Waals surface area contributed by atoms with Crippen molar-refractivity contribution in [2.75, 3.05) is 7.11 Å². The van der Waals surface area contributed by atoms with Crippen LogP contribution < -0.4 is 0 Å². The highest BCUT2D eigenvalue weighted by Crippen LogP contribution is 2.82. The van der Waals surface area contributed by atoms with Crippen LogP contribution in [-0.2, 0) is 4.74 Å². The summed E-state index contributed by atoms with van der Waals surface area (Å²) in [6, 6.07) is 0. The Bertz CT molecular complexity index is 619. The minimum absolute atomic E-state index is 0.0899. The highest BCUT2D eigenvalue weighted by atomic mass is 16.5. The minimum atomic E-state index is -0.945. The summed E-state index contributed by atoms with van der Waals surface area (Å²) in [6.07, 6.45) is 8.14. The molecular weight excluding hydrogens is 324 g/mol. The van der Waals surface area contributed by atoms with E-state index in [1.807, 2.05) is 7.11 Å². The topological polar surface area (TPSA) is 49.7 Å². The third-order valence-corrected chi connectivity index (χ3v) is 11.0. The number of methoxy groups -OCH3 is 1. The maximum Gasteiger partial charge on any atom is 0.0984 e. The Labute approximate surface area is 158 Å². The van der Waals surface area contributed by atoms with Crippen LogP contribution in [0.3, 0.4) is 0 Å². The van der Waals surface area contributed by atoms with Crippen molar-refractivity contribution in [2.45, 2.75) is 90.4 Å². The van der Waals surface area contributed by atoms with Crippen molar-refractivity contribution >= 4 is 0 Å². The standard InChI is InChI=1S/C23H38O3/c1-13(2)23(25)18(24)11-17-15-10-19(26-5)22-12-14(22)6-8-20(22,3)16(15)7-9-21(17,23)4/h13-19,24-25H,6-12H2,1-5H3/t14-,15-,16+,17+,18+,19-,20-,21+,22+,23-/m1/s1. The second-order valence-corrected chi connectivity index (χ2v) is 11.4. The Morgan fingerprint density at radius 1 is 1.00 bits per heavy atom. The van der Waals surface area contributed by atoms with Crippen molar-refractivity contribution in [1.82, 2.24) is 0 Å². The Morgan fingerprint density at radius 2 is 1.69 bits per heavy atom. The van der Waals surface area contributed by atoms with Crippen molar-refractivity contribution in [3.8, 4) is 0 Å². The third kappa shape index (κ3) is 1.66. The van der Waals surface area contributed by atoms with Crippen LogP contribution in [0.4, 0.5) is 0 Å². The molecule has 2 N–H and O–H groups in total. The summed E-state index contributed by atoms with van der Waals surface area (Å²) in [5.74, 6) is 2.76. The van der Waals surface area contributed by atoms with Crippen LogP contribution in [0.25, 0.3) is 0 Å². The van der Waals surface area contributed by atoms with Gasteiger partial charge < -0.3 is 14.9 Å². The quantitative estimate of drug-likeness (QED) is 0.780. The molecule has 1 spiro atoms. The van der Waals surface area contributed by atoms with Gasteiger partial charge in [0.1, 0.15) is 0 Å². The fourth-order valence-corrected chi connectivity index (χ4v) is 9.68. The van der Waals surface area contributed by atoms with Gasteiger partial charge in [-0.05, 0) is 80.0 Å². The fourth-order valence-electron chi connectivity index (χ4n) is 9.68. The molecule has 0 saturated heterocycles. The predicted molar refractivity (Wildman–Crippen MR) is 102 cm³/mol. The first-order valence-electron chi connectivity index (χ1n) is 11.1. The molecule has 5 saturated carbocycles. The average molecular weight is 363 g/mol. The van der Waals surface area contributed by atoms with Crippen molar-refractivity contribution in [3.05, 3.63) is 0 Å². The van der Waals surface area contributed by atoms with Gasteiger partial charge in [0.15, 0.2) is 0 Å².